The van der Waals surface area contributed by atoms with Gasteiger partial charge in [0.15, 0.2) is 0 Å². The van der Waals surface area contributed by atoms with E-state index in [-0.39, 0.29) is 29.6 Å². The van der Waals surface area contributed by atoms with E-state index in [1.807, 2.05) is 51.1 Å². The van der Waals surface area contributed by atoms with Crippen molar-refractivity contribution in [3.63, 3.8) is 0 Å². The largest absolute Gasteiger partial charge is 0.350 e. The molecule has 1 unspecified atom stereocenters. The van der Waals surface area contributed by atoms with E-state index in [4.69, 9.17) is 0 Å². The minimum Gasteiger partial charge on any atom is -0.350 e. The van der Waals surface area contributed by atoms with Gasteiger partial charge in [-0.3, -0.25) is 9.69 Å². The van der Waals surface area contributed by atoms with Crippen LogP contribution in [0.1, 0.15) is 47.0 Å². The lowest BCUT2D eigenvalue weighted by molar-refractivity contribution is -0.128. The summed E-state index contributed by atoms with van der Waals surface area (Å²) in [4.78, 5) is 26.7. The van der Waals surface area contributed by atoms with Crippen LogP contribution in [0, 0.1) is 0 Å². The van der Waals surface area contributed by atoms with E-state index in [2.05, 4.69) is 27.8 Å². The fraction of sp³-hybridized carbons (Fsp3) is 0.600. The van der Waals surface area contributed by atoms with Crippen molar-refractivity contribution in [2.24, 2.45) is 0 Å². The Morgan fingerprint density at radius 2 is 1.81 bits per heavy atom. The highest BCUT2D eigenvalue weighted by Gasteiger charge is 2.29. The molecule has 1 atom stereocenters. The first kappa shape index (κ1) is 20.2. The summed E-state index contributed by atoms with van der Waals surface area (Å²) in [5, 5.41) is 8.99. The SMILES string of the molecule is CCC(C)(C)NC(=O)C(C)N1CCC(NC(=O)Nc2ccccc2)CC1. The molecule has 1 fully saturated rings. The molecule has 144 valence electrons. The van der Waals surface area contributed by atoms with Crippen LogP contribution in [0.15, 0.2) is 30.3 Å². The first-order valence-corrected chi connectivity index (χ1v) is 9.49. The number of benzene rings is 1. The normalized spacial score (nSPS) is 17.4. The van der Waals surface area contributed by atoms with Crippen molar-refractivity contribution in [3.8, 4) is 0 Å². The van der Waals surface area contributed by atoms with Gasteiger partial charge < -0.3 is 16.0 Å². The number of urea groups is 1. The minimum atomic E-state index is -0.180. The maximum absolute atomic E-state index is 12.4. The molecule has 0 saturated carbocycles. The van der Waals surface area contributed by atoms with E-state index < -0.39 is 0 Å². The molecule has 1 aliphatic heterocycles. The summed E-state index contributed by atoms with van der Waals surface area (Å²) < 4.78 is 0. The molecule has 1 aromatic carbocycles. The second-order valence-electron chi connectivity index (χ2n) is 7.68. The summed E-state index contributed by atoms with van der Waals surface area (Å²) in [7, 11) is 0. The number of carbonyl (C=O) groups excluding carboxylic acids is 2. The number of anilines is 1. The van der Waals surface area contributed by atoms with Crippen LogP contribution in [0.2, 0.25) is 0 Å². The van der Waals surface area contributed by atoms with E-state index in [1.54, 1.807) is 0 Å². The van der Waals surface area contributed by atoms with Crippen LogP contribution in [0.4, 0.5) is 10.5 Å². The molecule has 0 aliphatic carbocycles. The van der Waals surface area contributed by atoms with Crippen LogP contribution >= 0.6 is 0 Å². The van der Waals surface area contributed by atoms with Crippen LogP contribution < -0.4 is 16.0 Å². The van der Waals surface area contributed by atoms with Crippen LogP contribution in [0.25, 0.3) is 0 Å². The molecular weight excluding hydrogens is 328 g/mol. The molecule has 1 heterocycles. The molecular formula is C20H32N4O2. The van der Waals surface area contributed by atoms with Gasteiger partial charge in [0, 0.05) is 30.4 Å². The van der Waals surface area contributed by atoms with Gasteiger partial charge in [-0.25, -0.2) is 4.79 Å². The van der Waals surface area contributed by atoms with Gasteiger partial charge in [-0.2, -0.15) is 0 Å². The van der Waals surface area contributed by atoms with Gasteiger partial charge >= 0.3 is 6.03 Å². The number of likely N-dealkylation sites (tertiary alicyclic amines) is 1. The van der Waals surface area contributed by atoms with E-state index >= 15 is 0 Å². The van der Waals surface area contributed by atoms with Crippen LogP contribution in [0.3, 0.4) is 0 Å². The number of nitrogens with one attached hydrogen (secondary N) is 3. The third kappa shape index (κ3) is 6.02. The second-order valence-corrected chi connectivity index (χ2v) is 7.68. The fourth-order valence-electron chi connectivity index (χ4n) is 3.00. The Balaban J connectivity index is 1.76. The maximum atomic E-state index is 12.4. The van der Waals surface area contributed by atoms with E-state index in [9.17, 15) is 9.59 Å². The Hall–Kier alpha value is -2.08. The fourth-order valence-corrected chi connectivity index (χ4v) is 3.00. The molecule has 0 spiro atoms. The molecule has 1 aliphatic rings. The average molecular weight is 361 g/mol. The predicted molar refractivity (Wildman–Crippen MR) is 105 cm³/mol. The van der Waals surface area contributed by atoms with Gasteiger partial charge in [0.05, 0.1) is 6.04 Å². The molecule has 0 radical (unpaired) electrons. The smallest absolute Gasteiger partial charge is 0.319 e. The monoisotopic (exact) mass is 360 g/mol. The van der Waals surface area contributed by atoms with E-state index in [0.717, 1.165) is 38.0 Å². The summed E-state index contributed by atoms with van der Waals surface area (Å²) in [6, 6.07) is 9.22. The molecule has 6 nitrogen and oxygen atoms in total. The topological polar surface area (TPSA) is 73.5 Å². The Kier molecular flexibility index (Phi) is 7.03. The minimum absolute atomic E-state index is 0.0741. The Labute approximate surface area is 156 Å². The highest BCUT2D eigenvalue weighted by Crippen LogP contribution is 2.15. The number of para-hydroxylation sites is 1. The standard InChI is InChI=1S/C20H32N4O2/c1-5-20(3,4)23-18(25)15(2)24-13-11-17(12-14-24)22-19(26)21-16-9-7-6-8-10-16/h6-10,15,17H,5,11-14H2,1-4H3,(H,23,25)(H2,21,22,26). The Bertz CT molecular complexity index is 595. The van der Waals surface area contributed by atoms with Crippen molar-refractivity contribution in [1.29, 1.82) is 0 Å². The summed E-state index contributed by atoms with van der Waals surface area (Å²) in [5.41, 5.74) is 0.604. The van der Waals surface area contributed by atoms with Crippen molar-refractivity contribution in [2.75, 3.05) is 18.4 Å². The van der Waals surface area contributed by atoms with E-state index in [1.165, 1.54) is 0 Å². The molecule has 0 aromatic heterocycles. The van der Waals surface area contributed by atoms with E-state index in [0.29, 0.717) is 0 Å². The van der Waals surface area contributed by atoms with Gasteiger partial charge in [0.2, 0.25) is 5.91 Å². The lowest BCUT2D eigenvalue weighted by atomic mass is 10.00. The molecule has 1 saturated heterocycles. The predicted octanol–water partition coefficient (Wildman–Crippen LogP) is 2.97. The van der Waals surface area contributed by atoms with Crippen LogP contribution in [0.5, 0.6) is 0 Å². The third-order valence-corrected chi connectivity index (χ3v) is 5.17. The Morgan fingerprint density at radius 3 is 2.38 bits per heavy atom. The Morgan fingerprint density at radius 1 is 1.19 bits per heavy atom. The van der Waals surface area contributed by atoms with Crippen molar-refractivity contribution in [2.45, 2.75) is 64.6 Å². The quantitative estimate of drug-likeness (QED) is 0.730. The summed E-state index contributed by atoms with van der Waals surface area (Å²) in [6.07, 6.45) is 2.59. The molecule has 0 bridgehead atoms. The zero-order valence-corrected chi connectivity index (χ0v) is 16.3. The molecule has 26 heavy (non-hydrogen) atoms. The first-order chi connectivity index (χ1) is 12.3. The summed E-state index contributed by atoms with van der Waals surface area (Å²) >= 11 is 0. The summed E-state index contributed by atoms with van der Waals surface area (Å²) in [5.74, 6) is 0.0741. The zero-order chi connectivity index (χ0) is 19.2. The van der Waals surface area contributed by atoms with Crippen LogP contribution in [-0.2, 0) is 4.79 Å². The molecule has 3 N–H and O–H groups in total. The van der Waals surface area contributed by atoms with Gasteiger partial charge in [-0.1, -0.05) is 25.1 Å². The van der Waals surface area contributed by atoms with Crippen LogP contribution in [-0.4, -0.2) is 47.6 Å². The highest BCUT2D eigenvalue weighted by molar-refractivity contribution is 5.89. The second kappa shape index (κ2) is 9.03. The van der Waals surface area contributed by atoms with Crippen molar-refractivity contribution in [3.05, 3.63) is 30.3 Å². The number of amides is 3. The van der Waals surface area contributed by atoms with Crippen molar-refractivity contribution >= 4 is 17.6 Å². The lowest BCUT2D eigenvalue weighted by Gasteiger charge is -2.37. The number of piperidine rings is 1. The van der Waals surface area contributed by atoms with Gasteiger partial charge in [0.25, 0.3) is 0 Å². The van der Waals surface area contributed by atoms with Gasteiger partial charge in [0.1, 0.15) is 0 Å². The number of hydrogen-bond donors (Lipinski definition) is 3. The number of hydrogen-bond acceptors (Lipinski definition) is 3. The number of rotatable bonds is 6. The van der Waals surface area contributed by atoms with Crippen molar-refractivity contribution in [1.82, 2.24) is 15.5 Å². The maximum Gasteiger partial charge on any atom is 0.319 e. The average Bonchev–Trinajstić information content (AvgIpc) is 2.62. The lowest BCUT2D eigenvalue weighted by Crippen LogP contribution is -2.55. The summed E-state index contributed by atoms with van der Waals surface area (Å²) in [6.45, 7) is 9.71. The first-order valence-electron chi connectivity index (χ1n) is 9.49. The van der Waals surface area contributed by atoms with Gasteiger partial charge in [-0.15, -0.1) is 0 Å². The van der Waals surface area contributed by atoms with Gasteiger partial charge in [-0.05, 0) is 52.2 Å². The molecule has 3 amide bonds. The number of carbonyl (C=O) groups is 2. The zero-order valence-electron chi connectivity index (χ0n) is 16.3. The molecule has 6 heteroatoms. The molecule has 1 aromatic rings. The third-order valence-electron chi connectivity index (χ3n) is 5.17. The molecule has 2 rings (SSSR count). The number of nitrogens with zero attached hydrogens (tertiary/aromatic N) is 1. The highest BCUT2D eigenvalue weighted by atomic mass is 16.2. The van der Waals surface area contributed by atoms with Crippen molar-refractivity contribution < 1.29 is 9.59 Å².